The second-order valence-electron chi connectivity index (χ2n) is 4.84. The van der Waals surface area contributed by atoms with Gasteiger partial charge in [0.05, 0.1) is 12.8 Å². The van der Waals surface area contributed by atoms with Crippen molar-refractivity contribution in [2.24, 2.45) is 0 Å². The third-order valence-corrected chi connectivity index (χ3v) is 3.21. The number of hydrogen-bond acceptors (Lipinski definition) is 4. The van der Waals surface area contributed by atoms with Crippen molar-refractivity contribution in [3.8, 4) is 17.0 Å². The molecule has 1 heterocycles. The number of nitrogens with one attached hydrogen (secondary N) is 2. The maximum atomic E-state index is 13.2. The van der Waals surface area contributed by atoms with Gasteiger partial charge in [-0.3, -0.25) is 9.78 Å². The fourth-order valence-electron chi connectivity index (χ4n) is 2.13. The number of nitrogens with zero attached hydrogens (tertiary/aromatic N) is 1. The highest BCUT2D eigenvalue weighted by Gasteiger charge is 2.05. The second kappa shape index (κ2) is 6.31. The molecule has 0 radical (unpaired) electrons. The van der Waals surface area contributed by atoms with E-state index in [0.717, 1.165) is 11.3 Å². The van der Waals surface area contributed by atoms with Crippen LogP contribution in [-0.2, 0) is 0 Å². The molecule has 2 aromatic carbocycles. The van der Waals surface area contributed by atoms with Gasteiger partial charge in [-0.15, -0.1) is 0 Å². The normalized spacial score (nSPS) is 10.3. The van der Waals surface area contributed by atoms with Crippen LogP contribution in [0.4, 0.5) is 16.0 Å². The fraction of sp³-hybridized carbons (Fsp3) is 0.0588. The van der Waals surface area contributed by atoms with Crippen LogP contribution < -0.4 is 15.6 Å². The van der Waals surface area contributed by atoms with Crippen molar-refractivity contribution >= 4 is 11.6 Å². The molecule has 116 valence electrons. The summed E-state index contributed by atoms with van der Waals surface area (Å²) in [6, 6.07) is 14.5. The third kappa shape index (κ3) is 3.55. The van der Waals surface area contributed by atoms with Crippen molar-refractivity contribution in [3.05, 3.63) is 70.8 Å². The van der Waals surface area contributed by atoms with Crippen molar-refractivity contribution in [3.63, 3.8) is 0 Å². The highest BCUT2D eigenvalue weighted by molar-refractivity contribution is 5.62. The number of aromatic amines is 1. The van der Waals surface area contributed by atoms with Crippen LogP contribution in [0.15, 0.2) is 59.4 Å². The largest absolute Gasteiger partial charge is 0.497 e. The van der Waals surface area contributed by atoms with Gasteiger partial charge in [0.25, 0.3) is 5.56 Å². The Morgan fingerprint density at radius 3 is 2.61 bits per heavy atom. The average Bonchev–Trinajstić information content (AvgIpc) is 2.54. The number of ether oxygens (including phenoxy) is 1. The Labute approximate surface area is 131 Å². The lowest BCUT2D eigenvalue weighted by Gasteiger charge is -2.08. The van der Waals surface area contributed by atoms with E-state index in [0.29, 0.717) is 11.4 Å². The minimum atomic E-state index is -0.372. The molecule has 3 aromatic rings. The summed E-state index contributed by atoms with van der Waals surface area (Å²) in [5.41, 5.74) is 1.49. The molecule has 23 heavy (non-hydrogen) atoms. The number of H-pyrrole nitrogens is 1. The lowest BCUT2D eigenvalue weighted by molar-refractivity contribution is 0.415. The van der Waals surface area contributed by atoms with E-state index in [1.807, 2.05) is 12.1 Å². The molecule has 0 aliphatic heterocycles. The predicted molar refractivity (Wildman–Crippen MR) is 86.5 cm³/mol. The summed E-state index contributed by atoms with van der Waals surface area (Å²) in [5.74, 6) is 0.592. The van der Waals surface area contributed by atoms with Crippen molar-refractivity contribution in [1.82, 2.24) is 9.97 Å². The Morgan fingerprint density at radius 1 is 1.13 bits per heavy atom. The summed E-state index contributed by atoms with van der Waals surface area (Å²) < 4.78 is 18.3. The first-order valence-electron chi connectivity index (χ1n) is 6.92. The van der Waals surface area contributed by atoms with E-state index in [2.05, 4.69) is 15.3 Å². The minimum Gasteiger partial charge on any atom is -0.497 e. The van der Waals surface area contributed by atoms with Crippen molar-refractivity contribution in [2.75, 3.05) is 12.4 Å². The zero-order valence-corrected chi connectivity index (χ0v) is 12.3. The van der Waals surface area contributed by atoms with Crippen LogP contribution >= 0.6 is 0 Å². The minimum absolute atomic E-state index is 0.244. The monoisotopic (exact) mass is 311 g/mol. The van der Waals surface area contributed by atoms with Crippen LogP contribution in [0, 0.1) is 5.82 Å². The van der Waals surface area contributed by atoms with Crippen molar-refractivity contribution in [2.45, 2.75) is 0 Å². The van der Waals surface area contributed by atoms with Gasteiger partial charge in [0.15, 0.2) is 0 Å². The zero-order chi connectivity index (χ0) is 16.2. The lowest BCUT2D eigenvalue weighted by atomic mass is 10.1. The van der Waals surface area contributed by atoms with Gasteiger partial charge in [0.1, 0.15) is 11.6 Å². The van der Waals surface area contributed by atoms with Crippen molar-refractivity contribution < 1.29 is 9.13 Å². The van der Waals surface area contributed by atoms with Gasteiger partial charge in [-0.25, -0.2) is 9.37 Å². The van der Waals surface area contributed by atoms with E-state index >= 15 is 0 Å². The van der Waals surface area contributed by atoms with Gasteiger partial charge in [0.2, 0.25) is 5.95 Å². The van der Waals surface area contributed by atoms with E-state index in [-0.39, 0.29) is 17.3 Å². The van der Waals surface area contributed by atoms with Crippen LogP contribution in [-0.4, -0.2) is 17.1 Å². The van der Waals surface area contributed by atoms with E-state index < -0.39 is 0 Å². The molecular formula is C17H14FN3O2. The molecule has 0 saturated heterocycles. The molecule has 1 aromatic heterocycles. The summed E-state index contributed by atoms with van der Waals surface area (Å²) in [4.78, 5) is 18.8. The third-order valence-electron chi connectivity index (χ3n) is 3.21. The van der Waals surface area contributed by atoms with Gasteiger partial charge >= 0.3 is 0 Å². The molecule has 5 nitrogen and oxygen atoms in total. The molecular weight excluding hydrogens is 297 g/mol. The molecule has 0 aliphatic carbocycles. The highest BCUT2D eigenvalue weighted by atomic mass is 19.1. The number of benzene rings is 2. The molecule has 0 bridgehead atoms. The number of rotatable bonds is 4. The van der Waals surface area contributed by atoms with E-state index in [1.54, 1.807) is 31.4 Å². The summed E-state index contributed by atoms with van der Waals surface area (Å²) in [5, 5.41) is 2.89. The van der Waals surface area contributed by atoms with Crippen LogP contribution in [0.2, 0.25) is 0 Å². The maximum Gasteiger partial charge on any atom is 0.252 e. The number of halogens is 1. The molecule has 0 spiro atoms. The first kappa shape index (κ1) is 14.8. The Balaban J connectivity index is 1.93. The van der Waals surface area contributed by atoms with Crippen LogP contribution in [0.3, 0.4) is 0 Å². The van der Waals surface area contributed by atoms with E-state index in [4.69, 9.17) is 4.74 Å². The SMILES string of the molecule is COc1ccc(-c2cc(=O)[nH]c(Nc3cccc(F)c3)n2)cc1. The van der Waals surface area contributed by atoms with Gasteiger partial charge in [0, 0.05) is 17.3 Å². The average molecular weight is 311 g/mol. The Bertz CT molecular complexity index is 876. The molecule has 0 amide bonds. The molecule has 0 fully saturated rings. The smallest absolute Gasteiger partial charge is 0.252 e. The first-order chi connectivity index (χ1) is 11.1. The number of anilines is 2. The molecule has 0 aliphatic rings. The Hall–Kier alpha value is -3.15. The van der Waals surface area contributed by atoms with Crippen LogP contribution in [0.5, 0.6) is 5.75 Å². The van der Waals surface area contributed by atoms with Gasteiger partial charge < -0.3 is 10.1 Å². The van der Waals surface area contributed by atoms with Gasteiger partial charge in [-0.1, -0.05) is 6.07 Å². The molecule has 3 rings (SSSR count). The molecule has 0 saturated carbocycles. The van der Waals surface area contributed by atoms with Gasteiger partial charge in [-0.2, -0.15) is 0 Å². The summed E-state index contributed by atoms with van der Waals surface area (Å²) in [6.07, 6.45) is 0. The molecule has 0 atom stereocenters. The second-order valence-corrected chi connectivity index (χ2v) is 4.84. The van der Waals surface area contributed by atoms with E-state index in [9.17, 15) is 9.18 Å². The summed E-state index contributed by atoms with van der Waals surface area (Å²) in [7, 11) is 1.58. The Morgan fingerprint density at radius 2 is 1.91 bits per heavy atom. The maximum absolute atomic E-state index is 13.2. The van der Waals surface area contributed by atoms with E-state index in [1.165, 1.54) is 18.2 Å². The van der Waals surface area contributed by atoms with Crippen molar-refractivity contribution in [1.29, 1.82) is 0 Å². The molecule has 2 N–H and O–H groups in total. The zero-order valence-electron chi connectivity index (χ0n) is 12.3. The van der Waals surface area contributed by atoms with Gasteiger partial charge in [-0.05, 0) is 42.5 Å². The Kier molecular flexibility index (Phi) is 4.05. The fourth-order valence-corrected chi connectivity index (χ4v) is 2.13. The predicted octanol–water partition coefficient (Wildman–Crippen LogP) is 3.33. The quantitative estimate of drug-likeness (QED) is 0.775. The number of methoxy groups -OCH3 is 1. The molecule has 6 heteroatoms. The van der Waals surface area contributed by atoms with Crippen LogP contribution in [0.25, 0.3) is 11.3 Å². The van der Waals surface area contributed by atoms with Crippen LogP contribution in [0.1, 0.15) is 0 Å². The topological polar surface area (TPSA) is 67.0 Å². The number of aromatic nitrogens is 2. The molecule has 0 unspecified atom stereocenters. The summed E-state index contributed by atoms with van der Waals surface area (Å²) in [6.45, 7) is 0. The highest BCUT2D eigenvalue weighted by Crippen LogP contribution is 2.21. The summed E-state index contributed by atoms with van der Waals surface area (Å²) >= 11 is 0. The number of hydrogen-bond donors (Lipinski definition) is 2. The standard InChI is InChI=1S/C17H14FN3O2/c1-23-14-7-5-11(6-8-14)15-10-16(22)21-17(20-15)19-13-4-2-3-12(18)9-13/h2-10H,1H3,(H2,19,20,21,22). The first-order valence-corrected chi connectivity index (χ1v) is 6.92. The lowest BCUT2D eigenvalue weighted by Crippen LogP contribution is -2.10.